The molecule has 0 radical (unpaired) electrons. The van der Waals surface area contributed by atoms with Crippen LogP contribution >= 0.6 is 0 Å². The molecule has 0 aliphatic carbocycles. The molecular formula is C24H34N4O2. The number of aliphatic imine (C=N–C) groups is 1. The Balaban J connectivity index is 1.59. The van der Waals surface area contributed by atoms with Gasteiger partial charge >= 0.3 is 0 Å². The summed E-state index contributed by atoms with van der Waals surface area (Å²) in [5.41, 5.74) is 2.46. The number of rotatable bonds is 9. The first-order chi connectivity index (χ1) is 14.7. The molecule has 30 heavy (non-hydrogen) atoms. The van der Waals surface area contributed by atoms with Crippen molar-refractivity contribution in [3.8, 4) is 11.5 Å². The molecule has 0 saturated carbocycles. The summed E-state index contributed by atoms with van der Waals surface area (Å²) in [6.45, 7) is 3.84. The second-order valence-electron chi connectivity index (χ2n) is 7.48. The van der Waals surface area contributed by atoms with Crippen molar-refractivity contribution in [2.24, 2.45) is 4.99 Å². The van der Waals surface area contributed by atoms with Gasteiger partial charge in [-0.05, 0) is 61.7 Å². The van der Waals surface area contributed by atoms with Crippen molar-refractivity contribution >= 4 is 5.96 Å². The monoisotopic (exact) mass is 410 g/mol. The molecule has 1 saturated heterocycles. The maximum atomic E-state index is 5.44. The average Bonchev–Trinajstić information content (AvgIpc) is 3.33. The SMILES string of the molecule is CN=C(NCCc1ccccc1OC)NCC(c1cccc(OC)c1)N1CCCC1. The average molecular weight is 411 g/mol. The predicted octanol–water partition coefficient (Wildman–Crippen LogP) is 3.25. The first-order valence-electron chi connectivity index (χ1n) is 10.7. The molecule has 1 aliphatic heterocycles. The molecular weight excluding hydrogens is 376 g/mol. The van der Waals surface area contributed by atoms with Crippen LogP contribution in [-0.4, -0.2) is 58.3 Å². The van der Waals surface area contributed by atoms with E-state index in [1.807, 2.05) is 31.3 Å². The highest BCUT2D eigenvalue weighted by Crippen LogP contribution is 2.27. The van der Waals surface area contributed by atoms with E-state index in [4.69, 9.17) is 9.47 Å². The van der Waals surface area contributed by atoms with Crippen LogP contribution in [0.4, 0.5) is 0 Å². The summed E-state index contributed by atoms with van der Waals surface area (Å²) in [6.07, 6.45) is 3.38. The van der Waals surface area contributed by atoms with Crippen molar-refractivity contribution in [3.05, 3.63) is 59.7 Å². The lowest BCUT2D eigenvalue weighted by Gasteiger charge is -2.29. The minimum absolute atomic E-state index is 0.287. The first-order valence-corrected chi connectivity index (χ1v) is 10.7. The second-order valence-corrected chi connectivity index (χ2v) is 7.48. The van der Waals surface area contributed by atoms with Crippen LogP contribution in [0, 0.1) is 0 Å². The summed E-state index contributed by atoms with van der Waals surface area (Å²) in [4.78, 5) is 6.95. The highest BCUT2D eigenvalue weighted by atomic mass is 16.5. The van der Waals surface area contributed by atoms with E-state index in [-0.39, 0.29) is 6.04 Å². The Morgan fingerprint density at radius 2 is 1.83 bits per heavy atom. The highest BCUT2D eigenvalue weighted by Gasteiger charge is 2.24. The van der Waals surface area contributed by atoms with E-state index in [0.717, 1.165) is 50.1 Å². The van der Waals surface area contributed by atoms with Crippen molar-refractivity contribution in [2.45, 2.75) is 25.3 Å². The van der Waals surface area contributed by atoms with Gasteiger partial charge in [0.15, 0.2) is 5.96 Å². The second kappa shape index (κ2) is 11.5. The van der Waals surface area contributed by atoms with Crippen LogP contribution in [0.5, 0.6) is 11.5 Å². The van der Waals surface area contributed by atoms with Gasteiger partial charge in [-0.3, -0.25) is 9.89 Å². The van der Waals surface area contributed by atoms with Gasteiger partial charge in [-0.25, -0.2) is 0 Å². The van der Waals surface area contributed by atoms with Crippen LogP contribution < -0.4 is 20.1 Å². The molecule has 0 aromatic heterocycles. The van der Waals surface area contributed by atoms with Crippen LogP contribution in [0.25, 0.3) is 0 Å². The summed E-state index contributed by atoms with van der Waals surface area (Å²) >= 11 is 0. The minimum atomic E-state index is 0.287. The highest BCUT2D eigenvalue weighted by molar-refractivity contribution is 5.79. The lowest BCUT2D eigenvalue weighted by Crippen LogP contribution is -2.43. The number of likely N-dealkylation sites (tertiary alicyclic amines) is 1. The molecule has 162 valence electrons. The molecule has 6 heteroatoms. The van der Waals surface area contributed by atoms with E-state index >= 15 is 0 Å². The summed E-state index contributed by atoms with van der Waals surface area (Å²) in [5, 5.41) is 6.95. The minimum Gasteiger partial charge on any atom is -0.497 e. The molecule has 0 bridgehead atoms. The van der Waals surface area contributed by atoms with Crippen molar-refractivity contribution in [3.63, 3.8) is 0 Å². The zero-order valence-electron chi connectivity index (χ0n) is 18.4. The normalized spacial score (nSPS) is 15.6. The summed E-state index contributed by atoms with van der Waals surface area (Å²) in [7, 11) is 5.24. The van der Waals surface area contributed by atoms with Crippen molar-refractivity contribution < 1.29 is 9.47 Å². The fourth-order valence-electron chi connectivity index (χ4n) is 4.00. The third-order valence-corrected chi connectivity index (χ3v) is 5.63. The number of methoxy groups -OCH3 is 2. The number of nitrogens with zero attached hydrogens (tertiary/aromatic N) is 2. The van der Waals surface area contributed by atoms with E-state index in [1.54, 1.807) is 14.2 Å². The molecule has 3 rings (SSSR count). The summed E-state index contributed by atoms with van der Waals surface area (Å²) in [6, 6.07) is 16.8. The van der Waals surface area contributed by atoms with Crippen molar-refractivity contribution in [1.29, 1.82) is 0 Å². The topological polar surface area (TPSA) is 58.1 Å². The molecule has 2 N–H and O–H groups in total. The third-order valence-electron chi connectivity index (χ3n) is 5.63. The van der Waals surface area contributed by atoms with Gasteiger partial charge in [-0.1, -0.05) is 30.3 Å². The van der Waals surface area contributed by atoms with Crippen molar-refractivity contribution in [2.75, 3.05) is 47.4 Å². The lowest BCUT2D eigenvalue weighted by atomic mass is 10.1. The fourth-order valence-corrected chi connectivity index (χ4v) is 4.00. The Kier molecular flexibility index (Phi) is 8.39. The number of nitrogens with one attached hydrogen (secondary N) is 2. The van der Waals surface area contributed by atoms with Crippen LogP contribution in [0.2, 0.25) is 0 Å². The maximum Gasteiger partial charge on any atom is 0.191 e. The Morgan fingerprint density at radius 3 is 2.57 bits per heavy atom. The molecule has 1 fully saturated rings. The Hall–Kier alpha value is -2.73. The molecule has 6 nitrogen and oxygen atoms in total. The number of hydrogen-bond acceptors (Lipinski definition) is 4. The molecule has 0 spiro atoms. The van der Waals surface area contributed by atoms with Gasteiger partial charge in [0.05, 0.1) is 20.3 Å². The summed E-state index contributed by atoms with van der Waals surface area (Å²) in [5.74, 6) is 2.64. The number of benzene rings is 2. The fraction of sp³-hybridized carbons (Fsp3) is 0.458. The lowest BCUT2D eigenvalue weighted by molar-refractivity contribution is 0.245. The molecule has 1 atom stereocenters. The quantitative estimate of drug-likeness (QED) is 0.491. The maximum absolute atomic E-state index is 5.44. The molecule has 2 aromatic carbocycles. The predicted molar refractivity (Wildman–Crippen MR) is 123 cm³/mol. The summed E-state index contributed by atoms with van der Waals surface area (Å²) < 4.78 is 10.9. The largest absolute Gasteiger partial charge is 0.497 e. The van der Waals surface area contributed by atoms with Crippen LogP contribution in [0.1, 0.15) is 30.0 Å². The van der Waals surface area contributed by atoms with E-state index in [0.29, 0.717) is 0 Å². The van der Waals surface area contributed by atoms with E-state index in [2.05, 4.69) is 44.8 Å². The molecule has 2 aromatic rings. The standard InChI is InChI=1S/C24H34N4O2/c1-25-24(26-14-13-19-9-4-5-12-23(19)30-3)27-18-22(28-15-6-7-16-28)20-10-8-11-21(17-20)29-2/h4-5,8-12,17,22H,6-7,13-16,18H2,1-3H3,(H2,25,26,27). The van der Waals surface area contributed by atoms with Gasteiger partial charge in [-0.15, -0.1) is 0 Å². The third kappa shape index (κ3) is 5.89. The molecule has 0 amide bonds. The van der Waals surface area contributed by atoms with Crippen LogP contribution in [0.15, 0.2) is 53.5 Å². The van der Waals surface area contributed by atoms with Crippen LogP contribution in [-0.2, 0) is 6.42 Å². The zero-order valence-corrected chi connectivity index (χ0v) is 18.4. The van der Waals surface area contributed by atoms with E-state index in [1.165, 1.54) is 24.0 Å². The van der Waals surface area contributed by atoms with E-state index < -0.39 is 0 Å². The van der Waals surface area contributed by atoms with Gasteiger partial charge in [0.2, 0.25) is 0 Å². The van der Waals surface area contributed by atoms with Gasteiger partial charge in [0, 0.05) is 20.1 Å². The Bertz CT molecular complexity index is 818. The Labute approximate surface area is 180 Å². The number of guanidine groups is 1. The van der Waals surface area contributed by atoms with E-state index in [9.17, 15) is 0 Å². The number of hydrogen-bond donors (Lipinski definition) is 2. The van der Waals surface area contributed by atoms with Gasteiger partial charge in [-0.2, -0.15) is 0 Å². The van der Waals surface area contributed by atoms with Gasteiger partial charge in [0.1, 0.15) is 11.5 Å². The smallest absolute Gasteiger partial charge is 0.191 e. The first kappa shape index (κ1) is 22.0. The van der Waals surface area contributed by atoms with Crippen LogP contribution in [0.3, 0.4) is 0 Å². The number of ether oxygens (including phenoxy) is 2. The molecule has 1 aliphatic rings. The number of para-hydroxylation sites is 1. The molecule has 1 unspecified atom stereocenters. The van der Waals surface area contributed by atoms with Gasteiger partial charge < -0.3 is 20.1 Å². The van der Waals surface area contributed by atoms with Crippen molar-refractivity contribution in [1.82, 2.24) is 15.5 Å². The van der Waals surface area contributed by atoms with Gasteiger partial charge in [0.25, 0.3) is 0 Å². The Morgan fingerprint density at radius 1 is 1.03 bits per heavy atom. The zero-order chi connectivity index (χ0) is 21.2. The molecule has 1 heterocycles.